The molecule has 8 nitrogen and oxygen atoms in total. The van der Waals surface area contributed by atoms with Gasteiger partial charge in [-0.2, -0.15) is 4.72 Å². The smallest absolute Gasteiger partial charge is 0.307 e. The summed E-state index contributed by atoms with van der Waals surface area (Å²) in [5.74, 6) is -0.768. The van der Waals surface area contributed by atoms with E-state index in [0.717, 1.165) is 11.1 Å². The second-order valence-electron chi connectivity index (χ2n) is 9.67. The van der Waals surface area contributed by atoms with E-state index in [4.69, 9.17) is 16.3 Å². The number of carbonyl (C=O) groups excluding carboxylic acids is 1. The molecule has 39 heavy (non-hydrogen) atoms. The van der Waals surface area contributed by atoms with E-state index in [1.54, 1.807) is 47.4 Å². The predicted molar refractivity (Wildman–Crippen MR) is 148 cm³/mol. The van der Waals surface area contributed by atoms with Gasteiger partial charge in [0, 0.05) is 23.7 Å². The Bertz CT molecular complexity index is 1430. The van der Waals surface area contributed by atoms with E-state index in [0.29, 0.717) is 47.7 Å². The Kier molecular flexibility index (Phi) is 9.27. The lowest BCUT2D eigenvalue weighted by Crippen LogP contribution is -2.47. The number of halogens is 1. The third-order valence-corrected chi connectivity index (χ3v) is 8.30. The highest BCUT2D eigenvalue weighted by Crippen LogP contribution is 2.26. The van der Waals surface area contributed by atoms with Crippen LogP contribution in [-0.4, -0.2) is 42.9 Å². The molecule has 2 N–H and O–H groups in total. The zero-order valence-corrected chi connectivity index (χ0v) is 23.2. The molecule has 1 aliphatic heterocycles. The highest BCUT2D eigenvalue weighted by molar-refractivity contribution is 7.89. The number of nitrogens with zero attached hydrogens (tertiary/aromatic N) is 1. The molecule has 1 amide bonds. The third-order valence-electron chi connectivity index (χ3n) is 6.56. The Balaban J connectivity index is 1.55. The maximum Gasteiger partial charge on any atom is 0.307 e. The lowest BCUT2D eigenvalue weighted by molar-refractivity contribution is -0.136. The summed E-state index contributed by atoms with van der Waals surface area (Å²) in [6, 6.07) is 17.9. The van der Waals surface area contributed by atoms with Crippen LogP contribution in [0.5, 0.6) is 5.75 Å². The second kappa shape index (κ2) is 12.6. The van der Waals surface area contributed by atoms with Gasteiger partial charge in [0.2, 0.25) is 15.9 Å². The van der Waals surface area contributed by atoms with Crippen LogP contribution in [0.15, 0.2) is 71.6 Å². The molecule has 1 atom stereocenters. The predicted octanol–water partition coefficient (Wildman–Crippen LogP) is 4.71. The van der Waals surface area contributed by atoms with Gasteiger partial charge in [-0.1, -0.05) is 47.5 Å². The quantitative estimate of drug-likeness (QED) is 0.365. The zero-order chi connectivity index (χ0) is 28.0. The first-order valence-corrected chi connectivity index (χ1v) is 14.6. The van der Waals surface area contributed by atoms with Gasteiger partial charge in [-0.05, 0) is 73.7 Å². The van der Waals surface area contributed by atoms with Gasteiger partial charge in [0.1, 0.15) is 18.4 Å². The monoisotopic (exact) mass is 570 g/mol. The van der Waals surface area contributed by atoms with Crippen LogP contribution in [0.3, 0.4) is 0 Å². The first-order valence-electron chi connectivity index (χ1n) is 12.7. The number of aryl methyl sites for hydroxylation is 1. The molecule has 0 aliphatic carbocycles. The van der Waals surface area contributed by atoms with E-state index in [9.17, 15) is 23.1 Å². The number of likely N-dealkylation sites (tertiary alicyclic amines) is 1. The van der Waals surface area contributed by atoms with Crippen LogP contribution in [0.2, 0.25) is 5.02 Å². The number of benzene rings is 3. The summed E-state index contributed by atoms with van der Waals surface area (Å²) in [4.78, 5) is 26.6. The molecule has 3 aromatic rings. The van der Waals surface area contributed by atoms with Gasteiger partial charge >= 0.3 is 5.97 Å². The molecule has 0 aromatic heterocycles. The average molecular weight is 571 g/mol. The van der Waals surface area contributed by atoms with Crippen LogP contribution in [0, 0.1) is 6.92 Å². The van der Waals surface area contributed by atoms with Gasteiger partial charge in [-0.15, -0.1) is 0 Å². The number of ether oxygens (including phenoxy) is 1. The standard InChI is InChI=1S/C29H31ClN2O6S/c1-20-5-12-25(13-6-20)39(36,37)31-26-4-2-3-15-32(29(26)35)18-23-16-22(17-28(33)34)9-14-27(23)38-19-21-7-10-24(30)11-8-21/h5-14,16,26,31H,2-4,15,17-19H2,1H3,(H,33,34)/t26-/m1/s1. The highest BCUT2D eigenvalue weighted by Gasteiger charge is 2.31. The first-order chi connectivity index (χ1) is 18.6. The summed E-state index contributed by atoms with van der Waals surface area (Å²) in [7, 11) is -3.89. The van der Waals surface area contributed by atoms with Crippen molar-refractivity contribution in [1.29, 1.82) is 0 Å². The molecule has 3 aromatic carbocycles. The molecule has 1 heterocycles. The number of nitrogens with one attached hydrogen (secondary N) is 1. The normalized spacial score (nSPS) is 16.1. The number of carboxylic acids is 1. The highest BCUT2D eigenvalue weighted by atomic mass is 35.5. The largest absolute Gasteiger partial charge is 0.489 e. The molecule has 0 radical (unpaired) electrons. The molecule has 206 valence electrons. The van der Waals surface area contributed by atoms with Crippen molar-refractivity contribution in [2.45, 2.75) is 56.7 Å². The van der Waals surface area contributed by atoms with Crippen molar-refractivity contribution in [3.8, 4) is 5.75 Å². The minimum atomic E-state index is -3.89. The summed E-state index contributed by atoms with van der Waals surface area (Å²) in [6.45, 7) is 2.73. The van der Waals surface area contributed by atoms with Gasteiger partial charge < -0.3 is 14.7 Å². The van der Waals surface area contributed by atoms with Crippen LogP contribution < -0.4 is 9.46 Å². The fourth-order valence-corrected chi connectivity index (χ4v) is 5.82. The van der Waals surface area contributed by atoms with E-state index in [1.807, 2.05) is 19.1 Å². The van der Waals surface area contributed by atoms with Crippen LogP contribution in [-0.2, 0) is 39.2 Å². The minimum Gasteiger partial charge on any atom is -0.489 e. The summed E-state index contributed by atoms with van der Waals surface area (Å²) in [5.41, 5.74) is 3.06. The van der Waals surface area contributed by atoms with Crippen molar-refractivity contribution in [2.75, 3.05) is 6.54 Å². The van der Waals surface area contributed by atoms with E-state index in [2.05, 4.69) is 4.72 Å². The number of rotatable bonds is 10. The topological polar surface area (TPSA) is 113 Å². The van der Waals surface area contributed by atoms with Crippen molar-refractivity contribution < 1.29 is 27.9 Å². The molecular weight excluding hydrogens is 540 g/mol. The van der Waals surface area contributed by atoms with Crippen molar-refractivity contribution >= 4 is 33.5 Å². The van der Waals surface area contributed by atoms with E-state index >= 15 is 0 Å². The number of sulfonamides is 1. The lowest BCUT2D eigenvalue weighted by Gasteiger charge is -2.26. The van der Waals surface area contributed by atoms with Crippen LogP contribution in [0.4, 0.5) is 0 Å². The lowest BCUT2D eigenvalue weighted by atomic mass is 10.1. The molecule has 1 saturated heterocycles. The van der Waals surface area contributed by atoms with Crippen molar-refractivity contribution in [1.82, 2.24) is 9.62 Å². The molecule has 0 unspecified atom stereocenters. The van der Waals surface area contributed by atoms with Crippen LogP contribution in [0.1, 0.15) is 41.5 Å². The third kappa shape index (κ3) is 7.81. The van der Waals surface area contributed by atoms with Crippen LogP contribution >= 0.6 is 11.6 Å². The number of carbonyl (C=O) groups is 2. The number of aliphatic carboxylic acids is 1. The number of amides is 1. The average Bonchev–Trinajstić information content (AvgIpc) is 3.05. The Morgan fingerprint density at radius 2 is 1.74 bits per heavy atom. The molecule has 1 aliphatic rings. The molecular formula is C29H31ClN2O6S. The first kappa shape index (κ1) is 28.6. The summed E-state index contributed by atoms with van der Waals surface area (Å²) >= 11 is 5.97. The van der Waals surface area contributed by atoms with Gasteiger partial charge in [-0.3, -0.25) is 9.59 Å². The van der Waals surface area contributed by atoms with Gasteiger partial charge in [0.25, 0.3) is 0 Å². The van der Waals surface area contributed by atoms with Gasteiger partial charge in [-0.25, -0.2) is 8.42 Å². The number of carboxylic acid groups (broad SMARTS) is 1. The van der Waals surface area contributed by atoms with Crippen molar-refractivity contribution in [2.24, 2.45) is 0 Å². The molecule has 4 rings (SSSR count). The maximum atomic E-state index is 13.5. The molecule has 0 spiro atoms. The minimum absolute atomic E-state index is 0.107. The fourth-order valence-electron chi connectivity index (χ4n) is 4.47. The summed E-state index contributed by atoms with van der Waals surface area (Å²) in [5, 5.41) is 9.90. The van der Waals surface area contributed by atoms with E-state index in [-0.39, 0.29) is 30.4 Å². The SMILES string of the molecule is Cc1ccc(S(=O)(=O)N[C@@H]2CCCCN(Cc3cc(CC(=O)O)ccc3OCc3ccc(Cl)cc3)C2=O)cc1. The Hall–Kier alpha value is -3.40. The Morgan fingerprint density at radius 3 is 2.44 bits per heavy atom. The Morgan fingerprint density at radius 1 is 1.05 bits per heavy atom. The molecule has 1 fully saturated rings. The fraction of sp³-hybridized carbons (Fsp3) is 0.310. The molecule has 10 heteroatoms. The van der Waals surface area contributed by atoms with E-state index < -0.39 is 22.0 Å². The van der Waals surface area contributed by atoms with Crippen molar-refractivity contribution in [3.63, 3.8) is 0 Å². The zero-order valence-electron chi connectivity index (χ0n) is 21.6. The van der Waals surface area contributed by atoms with Crippen molar-refractivity contribution in [3.05, 3.63) is 94.0 Å². The second-order valence-corrected chi connectivity index (χ2v) is 11.8. The number of hydrogen-bond donors (Lipinski definition) is 2. The molecule has 0 saturated carbocycles. The number of hydrogen-bond acceptors (Lipinski definition) is 5. The maximum absolute atomic E-state index is 13.5. The summed E-state index contributed by atoms with van der Waals surface area (Å²) < 4.78 is 34.7. The summed E-state index contributed by atoms with van der Waals surface area (Å²) in [6.07, 6.45) is 1.61. The van der Waals surface area contributed by atoms with E-state index in [1.165, 1.54) is 12.1 Å². The van der Waals surface area contributed by atoms with Gasteiger partial charge in [0.05, 0.1) is 11.3 Å². The van der Waals surface area contributed by atoms with Crippen LogP contribution in [0.25, 0.3) is 0 Å². The molecule has 0 bridgehead atoms. The van der Waals surface area contributed by atoms with Gasteiger partial charge in [0.15, 0.2) is 0 Å². The Labute approximate surface area is 233 Å².